The van der Waals surface area contributed by atoms with Crippen molar-refractivity contribution >= 4 is 21.6 Å². The van der Waals surface area contributed by atoms with Crippen LogP contribution in [0.1, 0.15) is 12.8 Å². The third-order valence-electron chi connectivity index (χ3n) is 3.68. The highest BCUT2D eigenvalue weighted by molar-refractivity contribution is 7.89. The fourth-order valence-corrected chi connectivity index (χ4v) is 3.81. The number of pyridine rings is 1. The molecule has 0 saturated carbocycles. The number of halogens is 1. The zero-order valence-electron chi connectivity index (χ0n) is 11.5. The Kier molecular flexibility index (Phi) is 4.53. The van der Waals surface area contributed by atoms with E-state index in [1.165, 1.54) is 16.6 Å². The van der Waals surface area contributed by atoms with Gasteiger partial charge in [0.15, 0.2) is 0 Å². The van der Waals surface area contributed by atoms with Crippen molar-refractivity contribution in [1.82, 2.24) is 14.2 Å². The molecule has 1 atom stereocenters. The monoisotopic (exact) mass is 319 g/mol. The lowest BCUT2D eigenvalue weighted by Gasteiger charge is -2.25. The van der Waals surface area contributed by atoms with Crippen molar-refractivity contribution < 1.29 is 8.42 Å². The first-order chi connectivity index (χ1) is 9.32. The second-order valence-corrected chi connectivity index (χ2v) is 7.53. The van der Waals surface area contributed by atoms with E-state index in [9.17, 15) is 13.2 Å². The van der Waals surface area contributed by atoms with Crippen LogP contribution in [-0.4, -0.2) is 55.8 Å². The van der Waals surface area contributed by atoms with Gasteiger partial charge in [0.25, 0.3) is 5.56 Å². The summed E-state index contributed by atoms with van der Waals surface area (Å²) in [5.74, 6) is 0. The molecule has 1 fully saturated rings. The van der Waals surface area contributed by atoms with Gasteiger partial charge in [-0.15, -0.1) is 0 Å². The van der Waals surface area contributed by atoms with Gasteiger partial charge in [-0.3, -0.25) is 4.79 Å². The number of sulfonamides is 1. The molecule has 0 aliphatic carbocycles. The van der Waals surface area contributed by atoms with Gasteiger partial charge >= 0.3 is 0 Å². The predicted molar refractivity (Wildman–Crippen MR) is 77.5 cm³/mol. The number of nitrogens with one attached hydrogen (secondary N) is 1. The Bertz CT molecular complexity index is 644. The van der Waals surface area contributed by atoms with E-state index in [-0.39, 0.29) is 16.0 Å². The highest BCUT2D eigenvalue weighted by atomic mass is 35.5. The fourth-order valence-electron chi connectivity index (χ4n) is 2.37. The Hall–Kier alpha value is -0.890. The Morgan fingerprint density at radius 3 is 2.80 bits per heavy atom. The van der Waals surface area contributed by atoms with Crippen LogP contribution >= 0.6 is 11.6 Å². The van der Waals surface area contributed by atoms with E-state index in [4.69, 9.17) is 11.6 Å². The van der Waals surface area contributed by atoms with Crippen LogP contribution in [-0.2, 0) is 10.0 Å². The van der Waals surface area contributed by atoms with Gasteiger partial charge in [-0.2, -0.15) is 4.31 Å². The first-order valence-corrected chi connectivity index (χ1v) is 8.19. The molecule has 1 aromatic heterocycles. The van der Waals surface area contributed by atoms with Gasteiger partial charge in [0.05, 0.1) is 4.90 Å². The average molecular weight is 320 g/mol. The molecular formula is C12H18ClN3O3S. The van der Waals surface area contributed by atoms with E-state index >= 15 is 0 Å². The van der Waals surface area contributed by atoms with Crippen molar-refractivity contribution in [1.29, 1.82) is 0 Å². The summed E-state index contributed by atoms with van der Waals surface area (Å²) in [6, 6.07) is 1.41. The largest absolute Gasteiger partial charge is 0.326 e. The third kappa shape index (κ3) is 3.06. The van der Waals surface area contributed by atoms with Crippen molar-refractivity contribution in [3.8, 4) is 0 Å². The average Bonchev–Trinajstić information content (AvgIpc) is 2.78. The third-order valence-corrected chi connectivity index (χ3v) is 5.76. The van der Waals surface area contributed by atoms with Gasteiger partial charge in [0, 0.05) is 25.8 Å². The predicted octanol–water partition coefficient (Wildman–Crippen LogP) is 0.743. The topological polar surface area (TPSA) is 73.5 Å². The van der Waals surface area contributed by atoms with E-state index in [1.54, 1.807) is 7.05 Å². The number of aromatic amines is 1. The first-order valence-electron chi connectivity index (χ1n) is 6.37. The Morgan fingerprint density at radius 1 is 1.55 bits per heavy atom. The molecule has 1 N–H and O–H groups in total. The molecular weight excluding hydrogens is 302 g/mol. The van der Waals surface area contributed by atoms with Crippen LogP contribution in [0.3, 0.4) is 0 Å². The summed E-state index contributed by atoms with van der Waals surface area (Å²) >= 11 is 5.68. The molecule has 1 aliphatic heterocycles. The van der Waals surface area contributed by atoms with Gasteiger partial charge in [-0.1, -0.05) is 11.6 Å². The van der Waals surface area contributed by atoms with Crippen molar-refractivity contribution in [2.75, 3.05) is 27.2 Å². The number of rotatable bonds is 4. The highest BCUT2D eigenvalue weighted by Crippen LogP contribution is 2.20. The summed E-state index contributed by atoms with van der Waals surface area (Å²) in [5.41, 5.74) is -0.496. The molecule has 0 spiro atoms. The van der Waals surface area contributed by atoms with Crippen LogP contribution in [0.2, 0.25) is 5.02 Å². The molecule has 112 valence electrons. The summed E-state index contributed by atoms with van der Waals surface area (Å²) in [6.45, 7) is 1.42. The molecule has 1 unspecified atom stereocenters. The van der Waals surface area contributed by atoms with E-state index in [1.807, 2.05) is 7.05 Å². The molecule has 6 nitrogen and oxygen atoms in total. The summed E-state index contributed by atoms with van der Waals surface area (Å²) < 4.78 is 26.1. The lowest BCUT2D eigenvalue weighted by Crippen LogP contribution is -2.39. The van der Waals surface area contributed by atoms with Crippen LogP contribution in [0.15, 0.2) is 22.0 Å². The number of hydrogen-bond donors (Lipinski definition) is 1. The lowest BCUT2D eigenvalue weighted by atomic mass is 10.2. The van der Waals surface area contributed by atoms with Gasteiger partial charge < -0.3 is 9.88 Å². The second-order valence-electron chi connectivity index (χ2n) is 5.07. The summed E-state index contributed by atoms with van der Waals surface area (Å²) in [4.78, 5) is 15.7. The first kappa shape index (κ1) is 15.5. The number of likely N-dealkylation sites (tertiary alicyclic amines) is 1. The molecule has 1 saturated heterocycles. The molecule has 1 aliphatic rings. The van der Waals surface area contributed by atoms with E-state index in [0.29, 0.717) is 6.54 Å². The fraction of sp³-hybridized carbons (Fsp3) is 0.583. The van der Waals surface area contributed by atoms with E-state index < -0.39 is 15.6 Å². The molecule has 8 heteroatoms. The minimum absolute atomic E-state index is 0.00486. The zero-order chi connectivity index (χ0) is 14.9. The maximum absolute atomic E-state index is 12.4. The molecule has 20 heavy (non-hydrogen) atoms. The normalized spacial score (nSPS) is 20.7. The maximum Gasteiger partial charge on any atom is 0.266 e. The Labute approximate surface area is 123 Å². The van der Waals surface area contributed by atoms with E-state index in [2.05, 4.69) is 9.88 Å². The van der Waals surface area contributed by atoms with Crippen LogP contribution < -0.4 is 5.56 Å². The van der Waals surface area contributed by atoms with Crippen LogP contribution in [0.4, 0.5) is 0 Å². The van der Waals surface area contributed by atoms with Crippen molar-refractivity contribution in [2.45, 2.75) is 23.8 Å². The molecule has 0 aromatic carbocycles. The second kappa shape index (κ2) is 5.85. The van der Waals surface area contributed by atoms with E-state index in [0.717, 1.165) is 19.4 Å². The molecule has 0 amide bonds. The SMILES string of the molecule is CN1CCCC1CN(C)S(=O)(=O)c1c[nH]c(=O)c(Cl)c1. The summed E-state index contributed by atoms with van der Waals surface area (Å²) in [5, 5.41) is -0.127. The molecule has 2 heterocycles. The molecule has 1 aromatic rings. The number of H-pyrrole nitrogens is 1. The lowest BCUT2D eigenvalue weighted by molar-refractivity contribution is 0.271. The smallest absolute Gasteiger partial charge is 0.266 e. The number of nitrogens with zero attached hydrogens (tertiary/aromatic N) is 2. The van der Waals surface area contributed by atoms with Gasteiger partial charge in [0.2, 0.25) is 10.0 Å². The number of likely N-dealkylation sites (N-methyl/N-ethyl adjacent to an activating group) is 2. The standard InChI is InChI=1S/C12H18ClN3O3S/c1-15-5-3-4-9(15)8-16(2)20(18,19)10-6-11(13)12(17)14-7-10/h6-7,9H,3-5,8H2,1-2H3,(H,14,17). The number of aromatic nitrogens is 1. The van der Waals surface area contributed by atoms with Crippen LogP contribution in [0, 0.1) is 0 Å². The van der Waals surface area contributed by atoms with Crippen molar-refractivity contribution in [2.24, 2.45) is 0 Å². The van der Waals surface area contributed by atoms with Gasteiger partial charge in [-0.05, 0) is 32.5 Å². The summed E-state index contributed by atoms with van der Waals surface area (Å²) in [7, 11) is -0.0999. The van der Waals surface area contributed by atoms with Crippen LogP contribution in [0.25, 0.3) is 0 Å². The number of hydrogen-bond acceptors (Lipinski definition) is 4. The van der Waals surface area contributed by atoms with Gasteiger partial charge in [0.1, 0.15) is 5.02 Å². The quantitative estimate of drug-likeness (QED) is 0.888. The Morgan fingerprint density at radius 2 is 2.25 bits per heavy atom. The Balaban J connectivity index is 2.20. The minimum Gasteiger partial charge on any atom is -0.326 e. The van der Waals surface area contributed by atoms with Crippen molar-refractivity contribution in [3.05, 3.63) is 27.6 Å². The summed E-state index contributed by atoms with van der Waals surface area (Å²) in [6.07, 6.45) is 3.25. The minimum atomic E-state index is -3.64. The molecule has 0 radical (unpaired) electrons. The molecule has 2 rings (SSSR count). The van der Waals surface area contributed by atoms with Crippen molar-refractivity contribution in [3.63, 3.8) is 0 Å². The maximum atomic E-state index is 12.4. The van der Waals surface area contributed by atoms with Crippen LogP contribution in [0.5, 0.6) is 0 Å². The molecule has 0 bridgehead atoms. The van der Waals surface area contributed by atoms with Gasteiger partial charge in [-0.25, -0.2) is 8.42 Å². The highest BCUT2D eigenvalue weighted by Gasteiger charge is 2.28. The zero-order valence-corrected chi connectivity index (χ0v) is 13.0.